The van der Waals surface area contributed by atoms with Crippen LogP contribution in [0.1, 0.15) is 19.4 Å². The van der Waals surface area contributed by atoms with Gasteiger partial charge in [0.15, 0.2) is 0 Å². The maximum Gasteiger partial charge on any atom is 0.421 e. The predicted octanol–water partition coefficient (Wildman–Crippen LogP) is 6.42. The first-order valence-electron chi connectivity index (χ1n) is 8.71. The van der Waals surface area contributed by atoms with Crippen LogP contribution in [0.3, 0.4) is 0 Å². The van der Waals surface area contributed by atoms with Crippen molar-refractivity contribution in [3.05, 3.63) is 65.3 Å². The molecule has 0 saturated carbocycles. The van der Waals surface area contributed by atoms with Crippen LogP contribution in [0.5, 0.6) is 5.75 Å². The van der Waals surface area contributed by atoms with Gasteiger partial charge in [0.1, 0.15) is 17.1 Å². The number of hydrogen-bond acceptors (Lipinski definition) is 5. The van der Waals surface area contributed by atoms with Gasteiger partial charge in [-0.1, -0.05) is 17.7 Å². The molecule has 2 N–H and O–H groups in total. The fourth-order valence-electron chi connectivity index (χ4n) is 2.47. The zero-order valence-electron chi connectivity index (χ0n) is 15.6. The number of rotatable bonds is 6. The maximum absolute atomic E-state index is 13.4. The van der Waals surface area contributed by atoms with Crippen LogP contribution in [0.4, 0.5) is 36.3 Å². The zero-order valence-corrected chi connectivity index (χ0v) is 16.3. The highest BCUT2D eigenvalue weighted by atomic mass is 35.5. The van der Waals surface area contributed by atoms with Crippen molar-refractivity contribution in [2.24, 2.45) is 0 Å². The topological polar surface area (TPSA) is 59.1 Å². The Morgan fingerprint density at radius 1 is 1.00 bits per heavy atom. The monoisotopic (exact) mass is 422 g/mol. The molecule has 3 aromatic rings. The van der Waals surface area contributed by atoms with Crippen LogP contribution < -0.4 is 15.4 Å². The molecule has 0 unspecified atom stereocenters. The maximum atomic E-state index is 13.4. The van der Waals surface area contributed by atoms with Crippen molar-refractivity contribution in [2.75, 3.05) is 10.6 Å². The van der Waals surface area contributed by atoms with Crippen LogP contribution in [-0.2, 0) is 6.18 Å². The van der Waals surface area contributed by atoms with Gasteiger partial charge in [0.2, 0.25) is 5.95 Å². The second-order valence-corrected chi connectivity index (χ2v) is 6.84. The Balaban J connectivity index is 1.86. The van der Waals surface area contributed by atoms with Gasteiger partial charge >= 0.3 is 6.18 Å². The molecule has 0 amide bonds. The fraction of sp³-hybridized carbons (Fsp3) is 0.200. The van der Waals surface area contributed by atoms with Crippen LogP contribution in [0, 0.1) is 0 Å². The van der Waals surface area contributed by atoms with Crippen molar-refractivity contribution in [3.63, 3.8) is 0 Å². The standard InChI is InChI=1S/C20H18ClF3N4O/c1-12(2)29-16-8-6-14(7-9-16)27-19-25-11-17(20(22,23)24)18(28-19)26-15-5-3-4-13(21)10-15/h3-12H,1-2H3,(H2,25,26,27,28). The van der Waals surface area contributed by atoms with Crippen molar-refractivity contribution < 1.29 is 17.9 Å². The van der Waals surface area contributed by atoms with E-state index >= 15 is 0 Å². The number of anilines is 4. The average Bonchev–Trinajstić information content (AvgIpc) is 2.62. The van der Waals surface area contributed by atoms with Gasteiger partial charge in [-0.05, 0) is 56.3 Å². The molecule has 152 valence electrons. The van der Waals surface area contributed by atoms with E-state index in [1.807, 2.05) is 13.8 Å². The zero-order chi connectivity index (χ0) is 21.0. The molecule has 0 atom stereocenters. The third kappa shape index (κ3) is 5.74. The Kier molecular flexibility index (Phi) is 6.12. The molecule has 0 aliphatic heterocycles. The van der Waals surface area contributed by atoms with Crippen LogP contribution in [0.25, 0.3) is 0 Å². The number of hydrogen-bond donors (Lipinski definition) is 2. The molecule has 3 rings (SSSR count). The van der Waals surface area contributed by atoms with Crippen LogP contribution in [0.15, 0.2) is 54.7 Å². The van der Waals surface area contributed by atoms with Gasteiger partial charge in [0.25, 0.3) is 0 Å². The molecule has 0 spiro atoms. The summed E-state index contributed by atoms with van der Waals surface area (Å²) in [6.45, 7) is 3.83. The molecule has 2 aromatic carbocycles. The molecule has 5 nitrogen and oxygen atoms in total. The number of alkyl halides is 3. The van der Waals surface area contributed by atoms with Crippen LogP contribution >= 0.6 is 11.6 Å². The number of benzene rings is 2. The first kappa shape index (κ1) is 20.7. The summed E-state index contributed by atoms with van der Waals surface area (Å²) in [7, 11) is 0. The molecule has 0 bridgehead atoms. The predicted molar refractivity (Wildman–Crippen MR) is 107 cm³/mol. The van der Waals surface area contributed by atoms with E-state index in [2.05, 4.69) is 20.6 Å². The number of aromatic nitrogens is 2. The quantitative estimate of drug-likeness (QED) is 0.479. The van der Waals surface area contributed by atoms with Crippen molar-refractivity contribution in [2.45, 2.75) is 26.1 Å². The third-order valence-electron chi connectivity index (χ3n) is 3.66. The van der Waals surface area contributed by atoms with Gasteiger partial charge in [-0.15, -0.1) is 0 Å². The second kappa shape index (κ2) is 8.57. The lowest BCUT2D eigenvalue weighted by molar-refractivity contribution is -0.137. The Labute approximate surface area is 170 Å². The van der Waals surface area contributed by atoms with E-state index in [-0.39, 0.29) is 17.9 Å². The van der Waals surface area contributed by atoms with Gasteiger partial charge in [0.05, 0.1) is 6.10 Å². The lowest BCUT2D eigenvalue weighted by atomic mass is 10.2. The van der Waals surface area contributed by atoms with Gasteiger partial charge in [-0.2, -0.15) is 18.2 Å². The van der Waals surface area contributed by atoms with E-state index in [9.17, 15) is 13.2 Å². The minimum Gasteiger partial charge on any atom is -0.491 e. The molecule has 0 fully saturated rings. The van der Waals surface area contributed by atoms with E-state index in [4.69, 9.17) is 16.3 Å². The van der Waals surface area contributed by atoms with Crippen molar-refractivity contribution in [1.29, 1.82) is 0 Å². The van der Waals surface area contributed by atoms with Gasteiger partial charge in [0, 0.05) is 22.6 Å². The third-order valence-corrected chi connectivity index (χ3v) is 3.90. The fourth-order valence-corrected chi connectivity index (χ4v) is 2.66. The van der Waals surface area contributed by atoms with E-state index in [0.717, 1.165) is 6.20 Å². The summed E-state index contributed by atoms with van der Waals surface area (Å²) in [6.07, 6.45) is -3.85. The molecular formula is C20H18ClF3N4O. The Morgan fingerprint density at radius 3 is 2.34 bits per heavy atom. The van der Waals surface area contributed by atoms with E-state index in [0.29, 0.717) is 22.1 Å². The Hall–Kier alpha value is -3.00. The SMILES string of the molecule is CC(C)Oc1ccc(Nc2ncc(C(F)(F)F)c(Nc3cccc(Cl)c3)n2)cc1. The minimum atomic E-state index is -4.62. The highest BCUT2D eigenvalue weighted by Gasteiger charge is 2.35. The summed E-state index contributed by atoms with van der Waals surface area (Å²) in [5.74, 6) is 0.319. The molecule has 0 aliphatic carbocycles. The van der Waals surface area contributed by atoms with Crippen LogP contribution in [-0.4, -0.2) is 16.1 Å². The molecule has 0 radical (unpaired) electrons. The summed E-state index contributed by atoms with van der Waals surface area (Å²) in [5.41, 5.74) is 0.00103. The summed E-state index contributed by atoms with van der Waals surface area (Å²) in [6, 6.07) is 13.3. The second-order valence-electron chi connectivity index (χ2n) is 6.40. The van der Waals surface area contributed by atoms with E-state index < -0.39 is 11.7 Å². The molecule has 29 heavy (non-hydrogen) atoms. The largest absolute Gasteiger partial charge is 0.491 e. The summed E-state index contributed by atoms with van der Waals surface area (Å²) in [5, 5.41) is 5.94. The highest BCUT2D eigenvalue weighted by molar-refractivity contribution is 6.30. The smallest absolute Gasteiger partial charge is 0.421 e. The Morgan fingerprint density at radius 2 is 1.72 bits per heavy atom. The first-order chi connectivity index (χ1) is 13.7. The lowest BCUT2D eigenvalue weighted by Crippen LogP contribution is -2.12. The number of nitrogens with zero attached hydrogens (tertiary/aromatic N) is 2. The van der Waals surface area contributed by atoms with E-state index in [1.165, 1.54) is 6.07 Å². The molecule has 0 aliphatic rings. The molecule has 1 heterocycles. The van der Waals surface area contributed by atoms with Crippen molar-refractivity contribution in [1.82, 2.24) is 9.97 Å². The molecule has 0 saturated heterocycles. The minimum absolute atomic E-state index is 0.0139. The molecule has 9 heteroatoms. The average molecular weight is 423 g/mol. The van der Waals surface area contributed by atoms with Gasteiger partial charge in [-0.25, -0.2) is 4.98 Å². The van der Waals surface area contributed by atoms with Gasteiger partial charge in [-0.3, -0.25) is 0 Å². The summed E-state index contributed by atoms with van der Waals surface area (Å²) >= 11 is 5.91. The summed E-state index contributed by atoms with van der Waals surface area (Å²) < 4.78 is 45.6. The van der Waals surface area contributed by atoms with Gasteiger partial charge < -0.3 is 15.4 Å². The van der Waals surface area contributed by atoms with Crippen molar-refractivity contribution >= 4 is 34.7 Å². The van der Waals surface area contributed by atoms with Crippen LogP contribution in [0.2, 0.25) is 5.02 Å². The lowest BCUT2D eigenvalue weighted by Gasteiger charge is -2.15. The number of nitrogens with one attached hydrogen (secondary N) is 2. The normalized spacial score (nSPS) is 11.4. The highest BCUT2D eigenvalue weighted by Crippen LogP contribution is 2.35. The molecular weight excluding hydrogens is 405 g/mol. The number of ether oxygens (including phenoxy) is 1. The number of halogens is 4. The summed E-state index contributed by atoms with van der Waals surface area (Å²) in [4.78, 5) is 7.79. The molecule has 1 aromatic heterocycles. The van der Waals surface area contributed by atoms with Crippen molar-refractivity contribution in [3.8, 4) is 5.75 Å². The van der Waals surface area contributed by atoms with E-state index in [1.54, 1.807) is 42.5 Å². The Bertz CT molecular complexity index is 978. The first-order valence-corrected chi connectivity index (χ1v) is 9.09.